The molecule has 0 spiro atoms. The fourth-order valence-electron chi connectivity index (χ4n) is 1.91. The van der Waals surface area contributed by atoms with Gasteiger partial charge in [-0.25, -0.2) is 0 Å². The van der Waals surface area contributed by atoms with E-state index in [1.165, 1.54) is 14.2 Å². The summed E-state index contributed by atoms with van der Waals surface area (Å²) in [4.78, 5) is 0. The van der Waals surface area contributed by atoms with Crippen molar-refractivity contribution >= 4 is 0 Å². The Hall–Kier alpha value is -0.160. The van der Waals surface area contributed by atoms with Crippen molar-refractivity contribution in [1.29, 1.82) is 0 Å². The van der Waals surface area contributed by atoms with E-state index < -0.39 is 12.2 Å². The predicted octanol–water partition coefficient (Wildman–Crippen LogP) is -0.612. The van der Waals surface area contributed by atoms with Crippen molar-refractivity contribution in [2.75, 3.05) is 14.2 Å². The molecule has 1 saturated carbocycles. The third-order valence-corrected chi connectivity index (χ3v) is 2.60. The molecule has 2 N–H and O–H groups in total. The summed E-state index contributed by atoms with van der Waals surface area (Å²) in [7, 11) is 3.05. The van der Waals surface area contributed by atoms with Crippen molar-refractivity contribution in [1.82, 2.24) is 0 Å². The highest BCUT2D eigenvalue weighted by atomic mass is 16.5. The Kier molecular flexibility index (Phi) is 3.06. The van der Waals surface area contributed by atoms with Gasteiger partial charge in [-0.15, -0.1) is 0 Å². The molecule has 0 amide bonds. The van der Waals surface area contributed by atoms with Gasteiger partial charge < -0.3 is 19.7 Å². The topological polar surface area (TPSA) is 58.9 Å². The van der Waals surface area contributed by atoms with Gasteiger partial charge in [0.1, 0.15) is 12.2 Å². The standard InChI is InChI=1S/C8H16O4/c1-4-7(11-2)5(9)6(10)8(4)12-3/h4-10H,1-3H3. The molecule has 0 heterocycles. The van der Waals surface area contributed by atoms with E-state index in [9.17, 15) is 10.2 Å². The second-order valence-corrected chi connectivity index (χ2v) is 3.24. The van der Waals surface area contributed by atoms with E-state index >= 15 is 0 Å². The second-order valence-electron chi connectivity index (χ2n) is 3.24. The Balaban J connectivity index is 2.71. The van der Waals surface area contributed by atoms with Crippen LogP contribution in [0.2, 0.25) is 0 Å². The monoisotopic (exact) mass is 176 g/mol. The number of aliphatic hydroxyl groups excluding tert-OH is 2. The summed E-state index contributed by atoms with van der Waals surface area (Å²) < 4.78 is 10.1. The highest BCUT2D eigenvalue weighted by molar-refractivity contribution is 4.97. The zero-order chi connectivity index (χ0) is 9.30. The molecular formula is C8H16O4. The van der Waals surface area contributed by atoms with E-state index in [1.54, 1.807) is 0 Å². The maximum Gasteiger partial charge on any atom is 0.109 e. The minimum Gasteiger partial charge on any atom is -0.388 e. The van der Waals surface area contributed by atoms with Crippen molar-refractivity contribution in [3.63, 3.8) is 0 Å². The van der Waals surface area contributed by atoms with E-state index in [2.05, 4.69) is 0 Å². The summed E-state index contributed by atoms with van der Waals surface area (Å²) in [6, 6.07) is 0. The van der Waals surface area contributed by atoms with Gasteiger partial charge in [-0.3, -0.25) is 0 Å². The number of ether oxygens (including phenoxy) is 2. The molecule has 0 saturated heterocycles. The molecule has 1 rings (SSSR count). The van der Waals surface area contributed by atoms with Crippen LogP contribution in [0.5, 0.6) is 0 Å². The van der Waals surface area contributed by atoms with Crippen molar-refractivity contribution < 1.29 is 19.7 Å². The van der Waals surface area contributed by atoms with Gasteiger partial charge in [-0.05, 0) is 0 Å². The third kappa shape index (κ3) is 1.35. The quantitative estimate of drug-likeness (QED) is 0.589. The molecule has 0 bridgehead atoms. The molecule has 0 aliphatic heterocycles. The summed E-state index contributed by atoms with van der Waals surface area (Å²) >= 11 is 0. The van der Waals surface area contributed by atoms with Gasteiger partial charge in [-0.1, -0.05) is 6.92 Å². The van der Waals surface area contributed by atoms with Crippen molar-refractivity contribution in [3.8, 4) is 0 Å². The molecule has 0 aromatic heterocycles. The molecule has 1 aliphatic rings. The van der Waals surface area contributed by atoms with Crippen LogP contribution in [0, 0.1) is 5.92 Å². The van der Waals surface area contributed by atoms with Crippen molar-refractivity contribution in [2.45, 2.75) is 31.3 Å². The van der Waals surface area contributed by atoms with E-state index in [-0.39, 0.29) is 18.1 Å². The van der Waals surface area contributed by atoms with E-state index in [1.807, 2.05) is 6.92 Å². The zero-order valence-electron chi connectivity index (χ0n) is 7.60. The third-order valence-electron chi connectivity index (χ3n) is 2.60. The summed E-state index contributed by atoms with van der Waals surface area (Å²) in [6.07, 6.45) is -2.33. The van der Waals surface area contributed by atoms with Gasteiger partial charge in [0.2, 0.25) is 0 Å². The fourth-order valence-corrected chi connectivity index (χ4v) is 1.91. The van der Waals surface area contributed by atoms with Gasteiger partial charge in [-0.2, -0.15) is 0 Å². The number of aliphatic hydroxyl groups is 2. The van der Waals surface area contributed by atoms with Crippen LogP contribution in [0.25, 0.3) is 0 Å². The lowest BCUT2D eigenvalue weighted by Gasteiger charge is -2.18. The maximum absolute atomic E-state index is 9.47. The van der Waals surface area contributed by atoms with E-state index in [0.717, 1.165) is 0 Å². The Labute approximate surface area is 72.1 Å². The molecule has 0 aromatic rings. The zero-order valence-corrected chi connectivity index (χ0v) is 7.60. The largest absolute Gasteiger partial charge is 0.388 e. The summed E-state index contributed by atoms with van der Waals surface area (Å²) in [5, 5.41) is 18.9. The molecule has 4 heteroatoms. The highest BCUT2D eigenvalue weighted by Crippen LogP contribution is 2.30. The first-order chi connectivity index (χ1) is 5.63. The first-order valence-corrected chi connectivity index (χ1v) is 4.05. The fraction of sp³-hybridized carbons (Fsp3) is 1.00. The lowest BCUT2D eigenvalue weighted by molar-refractivity contribution is -0.0582. The smallest absolute Gasteiger partial charge is 0.109 e. The van der Waals surface area contributed by atoms with E-state index in [0.29, 0.717) is 0 Å². The minimum atomic E-state index is -0.838. The molecule has 4 unspecified atom stereocenters. The lowest BCUT2D eigenvalue weighted by atomic mass is 10.1. The lowest BCUT2D eigenvalue weighted by Crippen LogP contribution is -2.33. The Morgan fingerprint density at radius 1 is 0.917 bits per heavy atom. The van der Waals surface area contributed by atoms with E-state index in [4.69, 9.17) is 9.47 Å². The molecule has 4 atom stereocenters. The maximum atomic E-state index is 9.47. The van der Waals surface area contributed by atoms with Gasteiger partial charge >= 0.3 is 0 Å². The molecule has 1 aliphatic carbocycles. The molecule has 72 valence electrons. The average Bonchev–Trinajstić information content (AvgIpc) is 2.25. The first kappa shape index (κ1) is 9.92. The first-order valence-electron chi connectivity index (χ1n) is 4.05. The van der Waals surface area contributed by atoms with Crippen molar-refractivity contribution in [3.05, 3.63) is 0 Å². The van der Waals surface area contributed by atoms with Gasteiger partial charge in [0.05, 0.1) is 12.2 Å². The van der Waals surface area contributed by atoms with Crippen LogP contribution < -0.4 is 0 Å². The highest BCUT2D eigenvalue weighted by Gasteiger charge is 2.47. The molecule has 0 aromatic carbocycles. The van der Waals surface area contributed by atoms with Crippen LogP contribution in [-0.2, 0) is 9.47 Å². The van der Waals surface area contributed by atoms with Crippen LogP contribution >= 0.6 is 0 Å². The molecule has 4 nitrogen and oxygen atoms in total. The summed E-state index contributed by atoms with van der Waals surface area (Å²) in [6.45, 7) is 1.89. The SMILES string of the molecule is COC1C(C)C(OC)C(O)C1O. The number of rotatable bonds is 2. The number of hydrogen-bond donors (Lipinski definition) is 2. The Morgan fingerprint density at radius 2 is 1.25 bits per heavy atom. The summed E-state index contributed by atoms with van der Waals surface area (Å²) in [5.41, 5.74) is 0. The van der Waals surface area contributed by atoms with Gasteiger partial charge in [0.15, 0.2) is 0 Å². The molecule has 0 radical (unpaired) electrons. The predicted molar refractivity (Wildman–Crippen MR) is 42.8 cm³/mol. The van der Waals surface area contributed by atoms with Gasteiger partial charge in [0, 0.05) is 20.1 Å². The molecule has 1 fully saturated rings. The van der Waals surface area contributed by atoms with Crippen LogP contribution in [-0.4, -0.2) is 48.8 Å². The van der Waals surface area contributed by atoms with Crippen LogP contribution in [0.4, 0.5) is 0 Å². The number of hydrogen-bond acceptors (Lipinski definition) is 4. The molecular weight excluding hydrogens is 160 g/mol. The minimum absolute atomic E-state index is 0.0185. The van der Waals surface area contributed by atoms with Crippen molar-refractivity contribution in [2.24, 2.45) is 5.92 Å². The average molecular weight is 176 g/mol. The number of methoxy groups -OCH3 is 2. The van der Waals surface area contributed by atoms with Crippen LogP contribution in [0.15, 0.2) is 0 Å². The molecule has 12 heavy (non-hydrogen) atoms. The summed E-state index contributed by atoms with van der Waals surface area (Å²) in [5.74, 6) is 0.0185. The van der Waals surface area contributed by atoms with Gasteiger partial charge in [0.25, 0.3) is 0 Å². The Bertz CT molecular complexity index is 134. The normalized spacial score (nSPS) is 48.2. The van der Waals surface area contributed by atoms with Crippen LogP contribution in [0.1, 0.15) is 6.92 Å². The Morgan fingerprint density at radius 3 is 1.42 bits per heavy atom. The second kappa shape index (κ2) is 3.70. The van der Waals surface area contributed by atoms with Crippen LogP contribution in [0.3, 0.4) is 0 Å².